The first-order valence-electron chi connectivity index (χ1n) is 8.59. The Morgan fingerprint density at radius 3 is 2.60 bits per heavy atom. The summed E-state index contributed by atoms with van der Waals surface area (Å²) in [5.41, 5.74) is 0. The number of nitrogens with zero attached hydrogens (tertiary/aromatic N) is 2. The number of rotatable bonds is 5. The molecular weight excluding hydrogens is 356 g/mol. The maximum absolute atomic E-state index is 9.29. The van der Waals surface area contributed by atoms with Crippen molar-refractivity contribution in [3.05, 3.63) is 47.6 Å². The van der Waals surface area contributed by atoms with Crippen LogP contribution in [0.1, 0.15) is 12.8 Å². The number of halogens is 1. The SMILES string of the molecule is Oc1ccc(SCN2C[C@H]3C[C@H](Oc4ccccc4Cl)C[C@H]3C2)nc1. The second-order valence-corrected chi connectivity index (χ2v) is 8.20. The second-order valence-electron chi connectivity index (χ2n) is 6.83. The normalized spacial score (nSPS) is 25.9. The lowest BCUT2D eigenvalue weighted by molar-refractivity contribution is 0.189. The van der Waals surface area contributed by atoms with Crippen molar-refractivity contribution in [1.82, 2.24) is 9.88 Å². The monoisotopic (exact) mass is 376 g/mol. The third kappa shape index (κ3) is 4.05. The van der Waals surface area contributed by atoms with Crippen molar-refractivity contribution in [2.45, 2.75) is 24.0 Å². The molecule has 0 bridgehead atoms. The van der Waals surface area contributed by atoms with Crippen LogP contribution in [-0.2, 0) is 0 Å². The first-order chi connectivity index (χ1) is 12.2. The molecule has 0 spiro atoms. The summed E-state index contributed by atoms with van der Waals surface area (Å²) in [7, 11) is 0. The molecule has 1 saturated heterocycles. The molecule has 4 rings (SSSR count). The molecule has 6 heteroatoms. The molecule has 0 radical (unpaired) electrons. The number of thioether (sulfide) groups is 1. The van der Waals surface area contributed by atoms with Crippen molar-refractivity contribution in [1.29, 1.82) is 0 Å². The minimum atomic E-state index is 0.213. The van der Waals surface area contributed by atoms with Gasteiger partial charge in [0.05, 0.1) is 28.2 Å². The number of pyridine rings is 1. The Labute approximate surface area is 157 Å². The summed E-state index contributed by atoms with van der Waals surface area (Å²) in [5.74, 6) is 3.38. The Balaban J connectivity index is 1.26. The van der Waals surface area contributed by atoms with Crippen LogP contribution in [0.25, 0.3) is 0 Å². The topological polar surface area (TPSA) is 45.6 Å². The summed E-state index contributed by atoms with van der Waals surface area (Å²) >= 11 is 7.92. The third-order valence-electron chi connectivity index (χ3n) is 5.03. The number of hydrogen-bond donors (Lipinski definition) is 1. The van der Waals surface area contributed by atoms with Gasteiger partial charge in [0.2, 0.25) is 0 Å². The highest BCUT2D eigenvalue weighted by atomic mass is 35.5. The minimum Gasteiger partial charge on any atom is -0.506 e. The van der Waals surface area contributed by atoms with Crippen molar-refractivity contribution in [3.8, 4) is 11.5 Å². The van der Waals surface area contributed by atoms with Crippen molar-refractivity contribution in [2.24, 2.45) is 11.8 Å². The molecule has 2 heterocycles. The van der Waals surface area contributed by atoms with Crippen molar-refractivity contribution in [2.75, 3.05) is 19.0 Å². The lowest BCUT2D eigenvalue weighted by atomic mass is 10.0. The number of aromatic hydroxyl groups is 1. The lowest BCUT2D eigenvalue weighted by Crippen LogP contribution is -2.24. The summed E-state index contributed by atoms with van der Waals surface area (Å²) in [6, 6.07) is 11.3. The zero-order valence-corrected chi connectivity index (χ0v) is 15.4. The Kier molecular flexibility index (Phi) is 5.06. The molecule has 2 fully saturated rings. The van der Waals surface area contributed by atoms with E-state index < -0.39 is 0 Å². The molecule has 1 saturated carbocycles. The Bertz CT molecular complexity index is 714. The van der Waals surface area contributed by atoms with Gasteiger partial charge in [-0.25, -0.2) is 4.98 Å². The van der Waals surface area contributed by atoms with E-state index in [1.807, 2.05) is 30.3 Å². The van der Waals surface area contributed by atoms with E-state index in [2.05, 4.69) is 9.88 Å². The van der Waals surface area contributed by atoms with E-state index in [9.17, 15) is 5.11 Å². The molecule has 2 aliphatic rings. The predicted molar refractivity (Wildman–Crippen MR) is 100 cm³/mol. The second kappa shape index (κ2) is 7.44. The van der Waals surface area contributed by atoms with Crippen LogP contribution in [0, 0.1) is 11.8 Å². The first-order valence-corrected chi connectivity index (χ1v) is 9.95. The predicted octanol–water partition coefficient (Wildman–Crippen LogP) is 4.28. The molecule has 25 heavy (non-hydrogen) atoms. The van der Waals surface area contributed by atoms with Crippen LogP contribution < -0.4 is 4.74 Å². The van der Waals surface area contributed by atoms with Gasteiger partial charge in [0.1, 0.15) is 11.5 Å². The van der Waals surface area contributed by atoms with Crippen LogP contribution in [0.3, 0.4) is 0 Å². The van der Waals surface area contributed by atoms with E-state index in [0.717, 1.165) is 42.6 Å². The van der Waals surface area contributed by atoms with E-state index in [1.165, 1.54) is 6.20 Å². The highest BCUT2D eigenvalue weighted by Crippen LogP contribution is 2.41. The molecule has 3 atom stereocenters. The summed E-state index contributed by atoms with van der Waals surface area (Å²) in [4.78, 5) is 6.73. The third-order valence-corrected chi connectivity index (χ3v) is 6.37. The van der Waals surface area contributed by atoms with E-state index in [0.29, 0.717) is 16.9 Å². The number of fused-ring (bicyclic) bond motifs is 1. The van der Waals surface area contributed by atoms with Gasteiger partial charge in [-0.2, -0.15) is 0 Å². The fraction of sp³-hybridized carbons (Fsp3) is 0.421. The van der Waals surface area contributed by atoms with Gasteiger partial charge in [-0.05, 0) is 48.9 Å². The van der Waals surface area contributed by atoms with Crippen molar-refractivity contribution < 1.29 is 9.84 Å². The maximum Gasteiger partial charge on any atom is 0.138 e. The molecule has 0 amide bonds. The van der Waals surface area contributed by atoms with Gasteiger partial charge < -0.3 is 9.84 Å². The number of para-hydroxylation sites is 1. The van der Waals surface area contributed by atoms with Crippen LogP contribution in [0.2, 0.25) is 5.02 Å². The van der Waals surface area contributed by atoms with Crippen LogP contribution in [-0.4, -0.2) is 40.1 Å². The number of ether oxygens (including phenoxy) is 1. The van der Waals surface area contributed by atoms with Crippen LogP contribution >= 0.6 is 23.4 Å². The fourth-order valence-electron chi connectivity index (χ4n) is 3.88. The maximum atomic E-state index is 9.29. The Morgan fingerprint density at radius 1 is 1.16 bits per heavy atom. The molecule has 2 aromatic rings. The molecule has 1 N–H and O–H groups in total. The van der Waals surface area contributed by atoms with Crippen LogP contribution in [0.4, 0.5) is 0 Å². The number of hydrogen-bond acceptors (Lipinski definition) is 5. The number of aromatic nitrogens is 1. The molecular formula is C19H21ClN2O2S. The zero-order valence-electron chi connectivity index (χ0n) is 13.8. The summed E-state index contributed by atoms with van der Waals surface area (Å²) in [5, 5.41) is 10.9. The highest BCUT2D eigenvalue weighted by Gasteiger charge is 2.41. The summed E-state index contributed by atoms with van der Waals surface area (Å²) in [6.45, 7) is 2.25. The summed E-state index contributed by atoms with van der Waals surface area (Å²) in [6.07, 6.45) is 3.99. The first kappa shape index (κ1) is 17.0. The molecule has 4 nitrogen and oxygen atoms in total. The van der Waals surface area contributed by atoms with Crippen LogP contribution in [0.15, 0.2) is 47.6 Å². The average Bonchev–Trinajstić information content (AvgIpc) is 3.14. The largest absolute Gasteiger partial charge is 0.506 e. The van der Waals surface area contributed by atoms with Gasteiger partial charge in [-0.15, -0.1) is 0 Å². The molecule has 1 aromatic carbocycles. The van der Waals surface area contributed by atoms with E-state index >= 15 is 0 Å². The van der Waals surface area contributed by atoms with Crippen molar-refractivity contribution >= 4 is 23.4 Å². The Morgan fingerprint density at radius 2 is 1.92 bits per heavy atom. The van der Waals surface area contributed by atoms with Crippen LogP contribution in [0.5, 0.6) is 11.5 Å². The molecule has 1 aliphatic heterocycles. The number of likely N-dealkylation sites (tertiary alicyclic amines) is 1. The van der Waals surface area contributed by atoms with Gasteiger partial charge in [-0.1, -0.05) is 35.5 Å². The minimum absolute atomic E-state index is 0.213. The number of benzene rings is 1. The van der Waals surface area contributed by atoms with Gasteiger partial charge in [0, 0.05) is 13.1 Å². The fourth-order valence-corrected chi connectivity index (χ4v) is 4.88. The van der Waals surface area contributed by atoms with Gasteiger partial charge in [0.15, 0.2) is 0 Å². The standard InChI is InChI=1S/C19H21ClN2O2S/c20-17-3-1-2-4-18(17)24-16-7-13-10-22(11-14(13)8-16)12-25-19-6-5-15(23)9-21-19/h1-6,9,13-14,16,23H,7-8,10-12H2/t13-,14+,16+. The zero-order chi connectivity index (χ0) is 17.2. The van der Waals surface area contributed by atoms with Gasteiger partial charge >= 0.3 is 0 Å². The Hall–Kier alpha value is -1.43. The van der Waals surface area contributed by atoms with E-state index in [1.54, 1.807) is 17.8 Å². The van der Waals surface area contributed by atoms with Crippen molar-refractivity contribution in [3.63, 3.8) is 0 Å². The average molecular weight is 377 g/mol. The highest BCUT2D eigenvalue weighted by molar-refractivity contribution is 7.99. The van der Waals surface area contributed by atoms with E-state index in [-0.39, 0.29) is 11.9 Å². The molecule has 0 unspecified atom stereocenters. The summed E-state index contributed by atoms with van der Waals surface area (Å²) < 4.78 is 6.13. The molecule has 132 valence electrons. The molecule has 1 aromatic heterocycles. The van der Waals surface area contributed by atoms with Gasteiger partial charge in [0.25, 0.3) is 0 Å². The van der Waals surface area contributed by atoms with E-state index in [4.69, 9.17) is 16.3 Å². The lowest BCUT2D eigenvalue weighted by Gasteiger charge is -2.19. The quantitative estimate of drug-likeness (QED) is 0.789. The van der Waals surface area contributed by atoms with Gasteiger partial charge in [-0.3, -0.25) is 4.90 Å². The molecule has 1 aliphatic carbocycles. The smallest absolute Gasteiger partial charge is 0.138 e.